The minimum Gasteiger partial charge on any atom is -0.507 e. The molecule has 190 valence electrons. The normalized spacial score (nSPS) is 11.5. The summed E-state index contributed by atoms with van der Waals surface area (Å²) >= 11 is 0. The fourth-order valence-corrected chi connectivity index (χ4v) is 4.70. The molecule has 1 heterocycles. The molecule has 0 saturated carbocycles. The van der Waals surface area contributed by atoms with E-state index in [0.717, 1.165) is 19.2 Å². The van der Waals surface area contributed by atoms with Crippen LogP contribution in [0.5, 0.6) is 11.5 Å². The molecule has 0 saturated heterocycles. The summed E-state index contributed by atoms with van der Waals surface area (Å²) in [5, 5.41) is 30.1. The number of aryl methyl sites for hydroxylation is 1. The third-order valence-electron chi connectivity index (χ3n) is 6.38. The molecule has 0 amide bonds. The maximum Gasteiger partial charge on any atom is 0.339 e. The van der Waals surface area contributed by atoms with Crippen LogP contribution in [0.25, 0.3) is 27.7 Å². The number of fused-ring (bicyclic) bond motifs is 1. The number of carbonyl (C=O) groups is 1. The van der Waals surface area contributed by atoms with E-state index < -0.39 is 45.9 Å². The van der Waals surface area contributed by atoms with Crippen LogP contribution in [0.15, 0.2) is 42.5 Å². The molecule has 3 aromatic carbocycles. The number of ether oxygens (including phenoxy) is 1. The highest BCUT2D eigenvalue weighted by Gasteiger charge is 2.35. The number of hydrogen-bond donors (Lipinski definition) is 2. The molecule has 0 atom stereocenters. The van der Waals surface area contributed by atoms with Gasteiger partial charge in [0.1, 0.15) is 22.9 Å². The Hall–Kier alpha value is -4.45. The summed E-state index contributed by atoms with van der Waals surface area (Å²) in [6, 6.07) is 10.8. The predicted molar refractivity (Wildman–Crippen MR) is 132 cm³/mol. The van der Waals surface area contributed by atoms with E-state index in [4.69, 9.17) is 4.74 Å². The Morgan fingerprint density at radius 3 is 2.43 bits per heavy atom. The van der Waals surface area contributed by atoms with Gasteiger partial charge in [-0.05, 0) is 42.8 Å². The Morgan fingerprint density at radius 2 is 1.84 bits per heavy atom. The quantitative estimate of drug-likeness (QED) is 0.305. The van der Waals surface area contributed by atoms with Crippen molar-refractivity contribution in [2.75, 3.05) is 7.11 Å². The lowest BCUT2D eigenvalue weighted by Gasteiger charge is -2.27. The van der Waals surface area contributed by atoms with E-state index in [9.17, 15) is 29.1 Å². The van der Waals surface area contributed by atoms with Crippen LogP contribution >= 0.6 is 0 Å². The first-order chi connectivity index (χ1) is 17.4. The van der Waals surface area contributed by atoms with Crippen LogP contribution in [0.1, 0.15) is 41.9 Å². The van der Waals surface area contributed by atoms with Crippen molar-refractivity contribution in [3.05, 3.63) is 76.7 Å². The Labute approximate surface area is 210 Å². The van der Waals surface area contributed by atoms with Gasteiger partial charge in [-0.1, -0.05) is 19.9 Å². The molecule has 4 rings (SSSR count). The van der Waals surface area contributed by atoms with Gasteiger partial charge in [0, 0.05) is 40.4 Å². The second-order valence-electron chi connectivity index (χ2n) is 9.34. The summed E-state index contributed by atoms with van der Waals surface area (Å²) in [4.78, 5) is 11.6. The molecule has 1 aromatic heterocycles. The number of aromatic carboxylic acids is 1. The van der Waals surface area contributed by atoms with E-state index in [2.05, 4.69) is 6.07 Å². The lowest BCUT2D eigenvalue weighted by molar-refractivity contribution is 0.0692. The molecule has 0 fully saturated rings. The lowest BCUT2D eigenvalue weighted by atomic mass is 9.81. The Kier molecular flexibility index (Phi) is 6.38. The summed E-state index contributed by atoms with van der Waals surface area (Å²) in [5.41, 5.74) is -0.218. The van der Waals surface area contributed by atoms with Gasteiger partial charge in [0.2, 0.25) is 0 Å². The summed E-state index contributed by atoms with van der Waals surface area (Å²) in [7, 11) is 1.13. The number of rotatable bonds is 6. The number of aromatic hydroxyl groups is 1. The molecule has 0 aliphatic heterocycles. The first-order valence-electron chi connectivity index (χ1n) is 11.2. The molecule has 0 unspecified atom stereocenters. The number of phenols is 1. The van der Waals surface area contributed by atoms with Crippen molar-refractivity contribution < 1.29 is 32.9 Å². The van der Waals surface area contributed by atoms with Crippen LogP contribution in [-0.2, 0) is 5.41 Å². The molecular formula is C28H23F3N2O4. The van der Waals surface area contributed by atoms with E-state index in [1.165, 1.54) is 30.3 Å². The highest BCUT2D eigenvalue weighted by atomic mass is 19.1. The van der Waals surface area contributed by atoms with Crippen molar-refractivity contribution in [1.82, 2.24) is 4.57 Å². The number of methoxy groups -OCH3 is 1. The molecule has 0 aliphatic carbocycles. The third kappa shape index (κ3) is 4.14. The molecule has 0 spiro atoms. The molecule has 9 heteroatoms. The van der Waals surface area contributed by atoms with Crippen molar-refractivity contribution in [3.63, 3.8) is 0 Å². The smallest absolute Gasteiger partial charge is 0.339 e. The number of phenolic OH excluding ortho intramolecular Hbond substituents is 1. The minimum absolute atomic E-state index is 0.0499. The van der Waals surface area contributed by atoms with E-state index in [1.54, 1.807) is 25.3 Å². The van der Waals surface area contributed by atoms with Crippen molar-refractivity contribution in [3.8, 4) is 34.4 Å². The average Bonchev–Trinajstić information content (AvgIpc) is 3.16. The molecule has 6 nitrogen and oxygen atoms in total. The van der Waals surface area contributed by atoms with Crippen LogP contribution in [0.4, 0.5) is 13.2 Å². The highest BCUT2D eigenvalue weighted by Crippen LogP contribution is 2.49. The molecule has 4 aromatic rings. The monoisotopic (exact) mass is 508 g/mol. The second kappa shape index (κ2) is 9.21. The number of aromatic nitrogens is 1. The summed E-state index contributed by atoms with van der Waals surface area (Å²) in [6.45, 7) is 5.02. The van der Waals surface area contributed by atoms with Gasteiger partial charge in [-0.25, -0.2) is 18.0 Å². The van der Waals surface area contributed by atoms with E-state index >= 15 is 4.39 Å². The maximum atomic E-state index is 15.9. The van der Waals surface area contributed by atoms with E-state index in [0.29, 0.717) is 16.9 Å². The average molecular weight is 508 g/mol. The Bertz CT molecular complexity index is 1620. The molecule has 0 radical (unpaired) electrons. The number of nitrogens with zero attached hydrogens (tertiary/aromatic N) is 2. The fourth-order valence-electron chi connectivity index (χ4n) is 4.70. The molecular weight excluding hydrogens is 485 g/mol. The maximum absolute atomic E-state index is 15.9. The lowest BCUT2D eigenvalue weighted by Crippen LogP contribution is -2.22. The first kappa shape index (κ1) is 25.6. The van der Waals surface area contributed by atoms with E-state index in [-0.39, 0.29) is 28.5 Å². The van der Waals surface area contributed by atoms with Crippen LogP contribution in [0.2, 0.25) is 0 Å². The van der Waals surface area contributed by atoms with Gasteiger partial charge in [0.15, 0.2) is 11.6 Å². The standard InChI is InChI=1S/C28H23F3N2O4/c1-14-11-16(5-8-19(14)30)33-20-12-15(29)13-21(34)23(20)22(26(33)28(2,3)9-10-32)17-6-7-18(27(35)36)25(37-4)24(17)31/h5-8,11-13,34H,9H2,1-4H3,(H,35,36). The molecule has 2 N–H and O–H groups in total. The molecule has 37 heavy (non-hydrogen) atoms. The summed E-state index contributed by atoms with van der Waals surface area (Å²) in [6.07, 6.45) is -0.0499. The van der Waals surface area contributed by atoms with Crippen molar-refractivity contribution in [2.24, 2.45) is 0 Å². The molecule has 0 aliphatic rings. The second-order valence-corrected chi connectivity index (χ2v) is 9.34. The van der Waals surface area contributed by atoms with Crippen LogP contribution < -0.4 is 4.74 Å². The van der Waals surface area contributed by atoms with Gasteiger partial charge in [0.25, 0.3) is 0 Å². The Balaban J connectivity index is 2.28. The Morgan fingerprint density at radius 1 is 1.14 bits per heavy atom. The van der Waals surface area contributed by atoms with Crippen LogP contribution in [-0.4, -0.2) is 27.9 Å². The van der Waals surface area contributed by atoms with Gasteiger partial charge in [-0.2, -0.15) is 5.26 Å². The topological polar surface area (TPSA) is 95.5 Å². The number of carboxylic acids is 1. The zero-order valence-corrected chi connectivity index (χ0v) is 20.5. The zero-order chi connectivity index (χ0) is 27.2. The SMILES string of the molecule is COc1c(C(=O)O)ccc(-c2c(C(C)(C)CC#N)n(-c3ccc(F)c(C)c3)c3cc(F)cc(O)c23)c1F. The molecule has 0 bridgehead atoms. The number of carboxylic acid groups (broad SMARTS) is 1. The largest absolute Gasteiger partial charge is 0.507 e. The highest BCUT2D eigenvalue weighted by molar-refractivity contribution is 6.04. The number of benzene rings is 3. The van der Waals surface area contributed by atoms with Gasteiger partial charge < -0.3 is 19.5 Å². The fraction of sp³-hybridized carbons (Fsp3) is 0.214. The summed E-state index contributed by atoms with van der Waals surface area (Å²) in [5.74, 6) is -4.65. The number of nitriles is 1. The van der Waals surface area contributed by atoms with Crippen molar-refractivity contribution in [1.29, 1.82) is 5.26 Å². The van der Waals surface area contributed by atoms with E-state index in [1.807, 2.05) is 0 Å². The van der Waals surface area contributed by atoms with Gasteiger partial charge in [-0.15, -0.1) is 0 Å². The van der Waals surface area contributed by atoms with Crippen molar-refractivity contribution >= 4 is 16.9 Å². The third-order valence-corrected chi connectivity index (χ3v) is 6.38. The van der Waals surface area contributed by atoms with Gasteiger partial charge in [0.05, 0.1) is 24.1 Å². The van der Waals surface area contributed by atoms with Crippen LogP contribution in [0.3, 0.4) is 0 Å². The number of halogens is 3. The first-order valence-corrected chi connectivity index (χ1v) is 11.2. The van der Waals surface area contributed by atoms with Crippen molar-refractivity contribution in [2.45, 2.75) is 32.6 Å². The van der Waals surface area contributed by atoms with Crippen LogP contribution in [0, 0.1) is 35.7 Å². The summed E-state index contributed by atoms with van der Waals surface area (Å²) < 4.78 is 51.3. The zero-order valence-electron chi connectivity index (χ0n) is 20.5. The predicted octanol–water partition coefficient (Wildman–Crippen LogP) is 6.63. The minimum atomic E-state index is -1.40. The number of hydrogen-bond acceptors (Lipinski definition) is 4. The van der Waals surface area contributed by atoms with Gasteiger partial charge >= 0.3 is 5.97 Å². The van der Waals surface area contributed by atoms with Gasteiger partial charge in [-0.3, -0.25) is 0 Å².